The van der Waals surface area contributed by atoms with E-state index in [1.54, 1.807) is 0 Å². The van der Waals surface area contributed by atoms with Crippen molar-refractivity contribution in [1.82, 2.24) is 5.32 Å². The number of hydrogen-bond acceptors (Lipinski definition) is 2. The highest BCUT2D eigenvalue weighted by molar-refractivity contribution is 5.28. The number of aryl methyl sites for hydroxylation is 1. The van der Waals surface area contributed by atoms with E-state index in [4.69, 9.17) is 4.74 Å². The van der Waals surface area contributed by atoms with Gasteiger partial charge in [0.15, 0.2) is 0 Å². The molecule has 2 aromatic carbocycles. The van der Waals surface area contributed by atoms with Gasteiger partial charge in [-0.25, -0.2) is 0 Å². The first-order valence-corrected chi connectivity index (χ1v) is 6.76. The summed E-state index contributed by atoms with van der Waals surface area (Å²) < 4.78 is 5.78. The van der Waals surface area contributed by atoms with E-state index >= 15 is 0 Å². The van der Waals surface area contributed by atoms with Crippen molar-refractivity contribution in [2.75, 3.05) is 7.05 Å². The second kappa shape index (κ2) is 6.95. The van der Waals surface area contributed by atoms with E-state index in [2.05, 4.69) is 48.6 Å². The zero-order valence-electron chi connectivity index (χ0n) is 11.6. The third kappa shape index (κ3) is 4.11. The second-order valence-corrected chi connectivity index (χ2v) is 4.63. The van der Waals surface area contributed by atoms with Crippen LogP contribution in [-0.2, 0) is 19.6 Å². The molecule has 0 atom stereocenters. The zero-order valence-corrected chi connectivity index (χ0v) is 11.6. The first kappa shape index (κ1) is 13.6. The molecule has 0 spiro atoms. The van der Waals surface area contributed by atoms with Gasteiger partial charge in [0.05, 0.1) is 0 Å². The molecule has 0 amide bonds. The van der Waals surface area contributed by atoms with Crippen molar-refractivity contribution < 1.29 is 4.74 Å². The molecule has 2 heteroatoms. The first-order chi connectivity index (χ1) is 9.31. The SMILES string of the molecule is CCc1ccc(OCc2ccc(CNC)cc2)cc1. The maximum Gasteiger partial charge on any atom is 0.119 e. The van der Waals surface area contributed by atoms with Crippen LogP contribution in [0.25, 0.3) is 0 Å². The summed E-state index contributed by atoms with van der Waals surface area (Å²) >= 11 is 0. The van der Waals surface area contributed by atoms with E-state index in [0.717, 1.165) is 18.7 Å². The minimum Gasteiger partial charge on any atom is -0.489 e. The summed E-state index contributed by atoms with van der Waals surface area (Å²) in [5, 5.41) is 3.14. The molecule has 0 aliphatic carbocycles. The minimum absolute atomic E-state index is 0.616. The van der Waals surface area contributed by atoms with Gasteiger partial charge in [0.25, 0.3) is 0 Å². The Hall–Kier alpha value is -1.80. The number of hydrogen-bond donors (Lipinski definition) is 1. The predicted molar refractivity (Wildman–Crippen MR) is 79.4 cm³/mol. The van der Waals surface area contributed by atoms with Crippen molar-refractivity contribution in [3.8, 4) is 5.75 Å². The summed E-state index contributed by atoms with van der Waals surface area (Å²) in [6.07, 6.45) is 1.06. The van der Waals surface area contributed by atoms with Gasteiger partial charge in [-0.15, -0.1) is 0 Å². The molecule has 0 aliphatic heterocycles. The fourth-order valence-corrected chi connectivity index (χ4v) is 1.95. The molecule has 2 rings (SSSR count). The van der Waals surface area contributed by atoms with Gasteiger partial charge in [0.1, 0.15) is 12.4 Å². The summed E-state index contributed by atoms with van der Waals surface area (Å²) in [6, 6.07) is 16.8. The third-order valence-corrected chi connectivity index (χ3v) is 3.14. The molecule has 0 heterocycles. The van der Waals surface area contributed by atoms with Gasteiger partial charge in [-0.2, -0.15) is 0 Å². The summed E-state index contributed by atoms with van der Waals surface area (Å²) in [5.41, 5.74) is 3.82. The molecule has 2 nitrogen and oxygen atoms in total. The molecular weight excluding hydrogens is 234 g/mol. The van der Waals surface area contributed by atoms with Crippen molar-refractivity contribution in [2.24, 2.45) is 0 Å². The lowest BCUT2D eigenvalue weighted by atomic mass is 10.1. The van der Waals surface area contributed by atoms with E-state index in [1.807, 2.05) is 19.2 Å². The van der Waals surface area contributed by atoms with Crippen molar-refractivity contribution in [3.05, 3.63) is 65.2 Å². The normalized spacial score (nSPS) is 10.4. The predicted octanol–water partition coefficient (Wildman–Crippen LogP) is 3.55. The van der Waals surface area contributed by atoms with Crippen LogP contribution in [-0.4, -0.2) is 7.05 Å². The minimum atomic E-state index is 0.616. The van der Waals surface area contributed by atoms with Crippen LogP contribution in [0, 0.1) is 0 Å². The first-order valence-electron chi connectivity index (χ1n) is 6.76. The molecule has 0 saturated carbocycles. The smallest absolute Gasteiger partial charge is 0.119 e. The lowest BCUT2D eigenvalue weighted by Crippen LogP contribution is -2.05. The molecule has 1 N–H and O–H groups in total. The van der Waals surface area contributed by atoms with Crippen molar-refractivity contribution >= 4 is 0 Å². The molecule has 0 saturated heterocycles. The van der Waals surface area contributed by atoms with Gasteiger partial charge in [0.2, 0.25) is 0 Å². The Morgan fingerprint density at radius 3 is 2.00 bits per heavy atom. The van der Waals surface area contributed by atoms with Crippen LogP contribution in [0.15, 0.2) is 48.5 Å². The third-order valence-electron chi connectivity index (χ3n) is 3.14. The quantitative estimate of drug-likeness (QED) is 0.852. The lowest BCUT2D eigenvalue weighted by molar-refractivity contribution is 0.306. The Kier molecular flexibility index (Phi) is 4.99. The highest BCUT2D eigenvalue weighted by Crippen LogP contribution is 2.14. The molecule has 0 fully saturated rings. The van der Waals surface area contributed by atoms with Crippen LogP contribution >= 0.6 is 0 Å². The van der Waals surface area contributed by atoms with Crippen molar-refractivity contribution in [2.45, 2.75) is 26.5 Å². The monoisotopic (exact) mass is 255 g/mol. The summed E-state index contributed by atoms with van der Waals surface area (Å²) in [7, 11) is 1.96. The molecule has 19 heavy (non-hydrogen) atoms. The van der Waals surface area contributed by atoms with Crippen LogP contribution < -0.4 is 10.1 Å². The lowest BCUT2D eigenvalue weighted by Gasteiger charge is -2.08. The Labute approximate surface area is 115 Å². The van der Waals surface area contributed by atoms with Gasteiger partial charge in [-0.3, -0.25) is 0 Å². The average molecular weight is 255 g/mol. The van der Waals surface area contributed by atoms with Crippen LogP contribution in [0.5, 0.6) is 5.75 Å². The Balaban J connectivity index is 1.90. The van der Waals surface area contributed by atoms with Crippen molar-refractivity contribution in [3.63, 3.8) is 0 Å². The van der Waals surface area contributed by atoms with E-state index in [1.165, 1.54) is 16.7 Å². The average Bonchev–Trinajstić information content (AvgIpc) is 2.47. The summed E-state index contributed by atoms with van der Waals surface area (Å²) in [5.74, 6) is 0.927. The standard InChI is InChI=1S/C17H21NO/c1-3-14-8-10-17(11-9-14)19-13-16-6-4-15(5-7-16)12-18-2/h4-11,18H,3,12-13H2,1-2H3. The molecule has 0 aliphatic rings. The van der Waals surface area contributed by atoms with E-state index in [-0.39, 0.29) is 0 Å². The Morgan fingerprint density at radius 2 is 1.42 bits per heavy atom. The molecule has 0 radical (unpaired) electrons. The van der Waals surface area contributed by atoms with Crippen LogP contribution in [0.4, 0.5) is 0 Å². The highest BCUT2D eigenvalue weighted by atomic mass is 16.5. The molecule has 0 bridgehead atoms. The topological polar surface area (TPSA) is 21.3 Å². The number of benzene rings is 2. The molecule has 100 valence electrons. The van der Waals surface area contributed by atoms with Gasteiger partial charge in [0, 0.05) is 6.54 Å². The number of ether oxygens (including phenoxy) is 1. The van der Waals surface area contributed by atoms with E-state index in [0.29, 0.717) is 6.61 Å². The van der Waals surface area contributed by atoms with Gasteiger partial charge >= 0.3 is 0 Å². The zero-order chi connectivity index (χ0) is 13.5. The largest absolute Gasteiger partial charge is 0.489 e. The maximum atomic E-state index is 5.78. The maximum absolute atomic E-state index is 5.78. The fourth-order valence-electron chi connectivity index (χ4n) is 1.95. The Morgan fingerprint density at radius 1 is 0.842 bits per heavy atom. The Bertz CT molecular complexity index is 488. The molecular formula is C17H21NO. The van der Waals surface area contributed by atoms with Crippen LogP contribution in [0.2, 0.25) is 0 Å². The second-order valence-electron chi connectivity index (χ2n) is 4.63. The van der Waals surface area contributed by atoms with Gasteiger partial charge < -0.3 is 10.1 Å². The van der Waals surface area contributed by atoms with E-state index < -0.39 is 0 Å². The van der Waals surface area contributed by atoms with Crippen LogP contribution in [0.1, 0.15) is 23.6 Å². The van der Waals surface area contributed by atoms with Crippen molar-refractivity contribution in [1.29, 1.82) is 0 Å². The molecule has 0 aromatic heterocycles. The molecule has 0 unspecified atom stereocenters. The van der Waals surface area contributed by atoms with E-state index in [9.17, 15) is 0 Å². The summed E-state index contributed by atoms with van der Waals surface area (Å²) in [6.45, 7) is 3.67. The number of nitrogens with one attached hydrogen (secondary N) is 1. The fraction of sp³-hybridized carbons (Fsp3) is 0.294. The van der Waals surface area contributed by atoms with Crippen LogP contribution in [0.3, 0.4) is 0 Å². The van der Waals surface area contributed by atoms with Gasteiger partial charge in [-0.05, 0) is 42.3 Å². The van der Waals surface area contributed by atoms with Gasteiger partial charge in [-0.1, -0.05) is 43.3 Å². The molecule has 2 aromatic rings. The number of rotatable bonds is 6. The summed E-state index contributed by atoms with van der Waals surface area (Å²) in [4.78, 5) is 0. The highest BCUT2D eigenvalue weighted by Gasteiger charge is 1.97.